The van der Waals surface area contributed by atoms with Crippen molar-refractivity contribution < 1.29 is 12.8 Å². The number of benzene rings is 2. The van der Waals surface area contributed by atoms with Crippen LogP contribution >= 0.6 is 0 Å². The summed E-state index contributed by atoms with van der Waals surface area (Å²) < 4.78 is 42.9. The molecule has 28 heavy (non-hydrogen) atoms. The van der Waals surface area contributed by atoms with E-state index in [-0.39, 0.29) is 4.90 Å². The Morgan fingerprint density at radius 3 is 2.43 bits per heavy atom. The molecule has 7 heteroatoms. The molecule has 0 saturated heterocycles. The number of pyridine rings is 1. The first-order valence-electron chi connectivity index (χ1n) is 8.67. The fraction of sp³-hybridized carbons (Fsp3) is 0.0952. The highest BCUT2D eigenvalue weighted by Crippen LogP contribution is 2.24. The lowest BCUT2D eigenvalue weighted by Gasteiger charge is -2.10. The number of hydrogen-bond acceptors (Lipinski definition) is 3. The van der Waals surface area contributed by atoms with Crippen LogP contribution in [0.5, 0.6) is 0 Å². The van der Waals surface area contributed by atoms with E-state index in [4.69, 9.17) is 0 Å². The maximum atomic E-state index is 13.2. The molecule has 142 valence electrons. The van der Waals surface area contributed by atoms with E-state index in [0.29, 0.717) is 11.3 Å². The van der Waals surface area contributed by atoms with Gasteiger partial charge in [0.15, 0.2) is 0 Å². The third-order valence-electron chi connectivity index (χ3n) is 4.54. The molecule has 0 saturated carbocycles. The van der Waals surface area contributed by atoms with Crippen LogP contribution < -0.4 is 4.72 Å². The molecule has 0 aliphatic carbocycles. The van der Waals surface area contributed by atoms with E-state index in [1.165, 1.54) is 12.1 Å². The van der Waals surface area contributed by atoms with Crippen molar-refractivity contribution in [3.63, 3.8) is 0 Å². The Kier molecular flexibility index (Phi) is 4.39. The van der Waals surface area contributed by atoms with Gasteiger partial charge < -0.3 is 4.40 Å². The number of aromatic nitrogens is 2. The molecule has 5 nitrogen and oxygen atoms in total. The van der Waals surface area contributed by atoms with Crippen molar-refractivity contribution in [3.05, 3.63) is 83.9 Å². The molecule has 0 aliphatic rings. The van der Waals surface area contributed by atoms with Gasteiger partial charge in [-0.2, -0.15) is 0 Å². The number of imidazole rings is 1. The molecule has 0 amide bonds. The zero-order valence-corrected chi connectivity index (χ0v) is 16.2. The smallest absolute Gasteiger partial charge is 0.262 e. The van der Waals surface area contributed by atoms with E-state index in [1.54, 1.807) is 19.1 Å². The Morgan fingerprint density at radius 1 is 1.00 bits per heavy atom. The molecule has 0 atom stereocenters. The Bertz CT molecular complexity index is 1280. The third-order valence-corrected chi connectivity index (χ3v) is 6.08. The summed E-state index contributed by atoms with van der Waals surface area (Å²) >= 11 is 0. The Morgan fingerprint density at radius 2 is 1.75 bits per heavy atom. The highest BCUT2D eigenvalue weighted by molar-refractivity contribution is 7.92. The van der Waals surface area contributed by atoms with Crippen molar-refractivity contribution in [3.8, 4) is 11.3 Å². The molecule has 0 fully saturated rings. The monoisotopic (exact) mass is 395 g/mol. The van der Waals surface area contributed by atoms with Gasteiger partial charge in [-0.1, -0.05) is 18.2 Å². The minimum Gasteiger partial charge on any atom is -0.306 e. The molecule has 0 radical (unpaired) electrons. The molecular weight excluding hydrogens is 377 g/mol. The lowest BCUT2D eigenvalue weighted by molar-refractivity contribution is 0.598. The summed E-state index contributed by atoms with van der Waals surface area (Å²) in [6, 6.07) is 14.5. The number of halogens is 1. The summed E-state index contributed by atoms with van der Waals surface area (Å²) in [6.45, 7) is 3.56. The topological polar surface area (TPSA) is 63.5 Å². The average molecular weight is 395 g/mol. The standard InChI is InChI=1S/C21H18FN3O2S/c1-14-4-3-11-25-13-19(23-21(14)25)16-5-8-18(9-6-16)24-28(26,27)20-10-7-17(22)12-15(20)2/h3-13,24H,1-2H3. The van der Waals surface area contributed by atoms with E-state index in [9.17, 15) is 12.8 Å². The molecule has 0 unspecified atom stereocenters. The molecule has 4 aromatic rings. The van der Waals surface area contributed by atoms with Crippen LogP contribution in [0.4, 0.5) is 10.1 Å². The Balaban J connectivity index is 1.61. The minimum absolute atomic E-state index is 0.0498. The van der Waals surface area contributed by atoms with E-state index >= 15 is 0 Å². The van der Waals surface area contributed by atoms with Crippen molar-refractivity contribution in [2.75, 3.05) is 4.72 Å². The highest BCUT2D eigenvalue weighted by Gasteiger charge is 2.17. The van der Waals surface area contributed by atoms with Crippen LogP contribution in [0.1, 0.15) is 11.1 Å². The summed E-state index contributed by atoms with van der Waals surface area (Å²) in [6.07, 6.45) is 3.87. The van der Waals surface area contributed by atoms with E-state index < -0.39 is 15.8 Å². The van der Waals surface area contributed by atoms with Crippen LogP contribution in [-0.4, -0.2) is 17.8 Å². The normalized spacial score (nSPS) is 11.7. The number of anilines is 1. The number of nitrogens with zero attached hydrogens (tertiary/aromatic N) is 2. The molecule has 2 aromatic heterocycles. The van der Waals surface area contributed by atoms with Gasteiger partial charge in [-0.15, -0.1) is 0 Å². The zero-order chi connectivity index (χ0) is 19.9. The molecule has 1 N–H and O–H groups in total. The maximum Gasteiger partial charge on any atom is 0.262 e. The van der Waals surface area contributed by atoms with E-state index in [0.717, 1.165) is 28.5 Å². The highest BCUT2D eigenvalue weighted by atomic mass is 32.2. The number of nitrogens with one attached hydrogen (secondary N) is 1. The van der Waals surface area contributed by atoms with Crippen LogP contribution in [0.15, 0.2) is 71.9 Å². The first kappa shape index (κ1) is 18.2. The van der Waals surface area contributed by atoms with Gasteiger partial charge in [-0.25, -0.2) is 17.8 Å². The van der Waals surface area contributed by atoms with Crippen molar-refractivity contribution in [2.45, 2.75) is 18.7 Å². The first-order chi connectivity index (χ1) is 13.3. The van der Waals surface area contributed by atoms with Gasteiger partial charge >= 0.3 is 0 Å². The number of rotatable bonds is 4. The predicted molar refractivity (Wildman–Crippen MR) is 107 cm³/mol. The number of aryl methyl sites for hydroxylation is 2. The van der Waals surface area contributed by atoms with Crippen molar-refractivity contribution in [2.24, 2.45) is 0 Å². The second-order valence-corrected chi connectivity index (χ2v) is 8.29. The summed E-state index contributed by atoms with van der Waals surface area (Å²) in [5.74, 6) is -0.469. The predicted octanol–water partition coefficient (Wildman–Crippen LogP) is 4.56. The summed E-state index contributed by atoms with van der Waals surface area (Å²) in [7, 11) is -3.80. The second kappa shape index (κ2) is 6.76. The number of hydrogen-bond donors (Lipinski definition) is 1. The van der Waals surface area contributed by atoms with Gasteiger partial charge in [0.25, 0.3) is 10.0 Å². The molecule has 0 bridgehead atoms. The van der Waals surface area contributed by atoms with Gasteiger partial charge in [0, 0.05) is 23.6 Å². The van der Waals surface area contributed by atoms with Crippen LogP contribution in [0, 0.1) is 19.7 Å². The van der Waals surface area contributed by atoms with Gasteiger partial charge in [-0.3, -0.25) is 4.72 Å². The Hall–Kier alpha value is -3.19. The maximum absolute atomic E-state index is 13.2. The van der Waals surface area contributed by atoms with Crippen LogP contribution in [0.2, 0.25) is 0 Å². The van der Waals surface area contributed by atoms with Crippen molar-refractivity contribution in [1.29, 1.82) is 0 Å². The van der Waals surface area contributed by atoms with Crippen LogP contribution in [-0.2, 0) is 10.0 Å². The fourth-order valence-electron chi connectivity index (χ4n) is 3.13. The van der Waals surface area contributed by atoms with Crippen molar-refractivity contribution >= 4 is 21.4 Å². The Labute approximate surface area is 162 Å². The summed E-state index contributed by atoms with van der Waals surface area (Å²) in [5.41, 5.74) is 4.42. The fourth-order valence-corrected chi connectivity index (χ4v) is 4.41. The van der Waals surface area contributed by atoms with E-state index in [1.807, 2.05) is 48.0 Å². The quantitative estimate of drug-likeness (QED) is 0.551. The average Bonchev–Trinajstić information content (AvgIpc) is 3.07. The summed E-state index contributed by atoms with van der Waals surface area (Å²) in [5, 5.41) is 0. The largest absolute Gasteiger partial charge is 0.306 e. The molecular formula is C21H18FN3O2S. The lowest BCUT2D eigenvalue weighted by atomic mass is 10.1. The first-order valence-corrected chi connectivity index (χ1v) is 10.2. The van der Waals surface area contributed by atoms with Gasteiger partial charge in [0.05, 0.1) is 10.6 Å². The number of sulfonamides is 1. The van der Waals surface area contributed by atoms with Gasteiger partial charge in [0.1, 0.15) is 11.5 Å². The molecule has 4 rings (SSSR count). The number of fused-ring (bicyclic) bond motifs is 1. The van der Waals surface area contributed by atoms with Gasteiger partial charge in [-0.05, 0) is 61.4 Å². The third kappa shape index (κ3) is 3.36. The molecule has 2 heterocycles. The molecule has 0 aliphatic heterocycles. The summed E-state index contributed by atoms with van der Waals surface area (Å²) in [4.78, 5) is 4.69. The lowest BCUT2D eigenvalue weighted by Crippen LogP contribution is -2.14. The van der Waals surface area contributed by atoms with E-state index in [2.05, 4.69) is 9.71 Å². The SMILES string of the molecule is Cc1cc(F)ccc1S(=O)(=O)Nc1ccc(-c2cn3cccc(C)c3n2)cc1. The second-order valence-electron chi connectivity index (χ2n) is 6.64. The van der Waals surface area contributed by atoms with Crippen molar-refractivity contribution in [1.82, 2.24) is 9.38 Å². The van der Waals surface area contributed by atoms with Crippen LogP contribution in [0.25, 0.3) is 16.9 Å². The van der Waals surface area contributed by atoms with Gasteiger partial charge in [0.2, 0.25) is 0 Å². The molecule has 0 spiro atoms. The molecule has 2 aromatic carbocycles. The zero-order valence-electron chi connectivity index (χ0n) is 15.3. The minimum atomic E-state index is -3.80. The van der Waals surface area contributed by atoms with Crippen LogP contribution in [0.3, 0.4) is 0 Å².